The third-order valence-corrected chi connectivity index (χ3v) is 4.03. The largest absolute Gasteiger partial charge is 0.364 e. The fourth-order valence-electron chi connectivity index (χ4n) is 2.12. The molecule has 3 rings (SSSR count). The molecule has 0 saturated carbocycles. The number of imidazole rings is 1. The average Bonchev–Trinajstić information content (AvgIpc) is 2.83. The average molecular weight is 245 g/mol. The predicted molar refractivity (Wildman–Crippen MR) is 71.5 cm³/mol. The van der Waals surface area contributed by atoms with E-state index in [2.05, 4.69) is 40.0 Å². The molecule has 0 aliphatic carbocycles. The Balaban J connectivity index is 1.90. The number of hydrogen-bond donors (Lipinski definition) is 1. The molecule has 0 radical (unpaired) electrons. The summed E-state index contributed by atoms with van der Waals surface area (Å²) in [6, 6.07) is 6.69. The second-order valence-electron chi connectivity index (χ2n) is 4.32. The lowest BCUT2D eigenvalue weighted by Crippen LogP contribution is -2.28. The van der Waals surface area contributed by atoms with Crippen LogP contribution in [0.5, 0.6) is 0 Å². The Kier molecular flexibility index (Phi) is 2.81. The van der Waals surface area contributed by atoms with Gasteiger partial charge in [-0.3, -0.25) is 0 Å². The van der Waals surface area contributed by atoms with Crippen LogP contribution in [0.1, 0.15) is 11.3 Å². The standard InChI is InChI=1S/C13H15N3S/c1-10-2-3-13-12(6-10)16(4-5-17-13)8-11-7-14-9-15-11/h2-3,6-7,9H,4-5,8H2,1H3,(H,14,15). The highest BCUT2D eigenvalue weighted by molar-refractivity contribution is 7.99. The topological polar surface area (TPSA) is 31.9 Å². The van der Waals surface area contributed by atoms with E-state index in [9.17, 15) is 0 Å². The highest BCUT2D eigenvalue weighted by atomic mass is 32.2. The molecule has 1 aromatic carbocycles. The zero-order valence-electron chi connectivity index (χ0n) is 9.81. The minimum absolute atomic E-state index is 0.914. The van der Waals surface area contributed by atoms with Crippen molar-refractivity contribution in [3.8, 4) is 0 Å². The summed E-state index contributed by atoms with van der Waals surface area (Å²) in [5, 5.41) is 0. The second-order valence-corrected chi connectivity index (χ2v) is 5.45. The lowest BCUT2D eigenvalue weighted by atomic mass is 10.2. The van der Waals surface area contributed by atoms with Gasteiger partial charge in [0.15, 0.2) is 0 Å². The van der Waals surface area contributed by atoms with Crippen LogP contribution in [0.4, 0.5) is 5.69 Å². The molecule has 0 saturated heterocycles. The van der Waals surface area contributed by atoms with Gasteiger partial charge in [0.1, 0.15) is 0 Å². The van der Waals surface area contributed by atoms with Crippen molar-refractivity contribution in [1.29, 1.82) is 0 Å². The second kappa shape index (κ2) is 4.45. The number of H-pyrrole nitrogens is 1. The van der Waals surface area contributed by atoms with Gasteiger partial charge in [0.2, 0.25) is 0 Å². The van der Waals surface area contributed by atoms with Crippen molar-refractivity contribution in [2.75, 3.05) is 17.2 Å². The maximum atomic E-state index is 4.07. The van der Waals surface area contributed by atoms with Gasteiger partial charge in [-0.25, -0.2) is 4.98 Å². The van der Waals surface area contributed by atoms with Gasteiger partial charge in [-0.1, -0.05) is 6.07 Å². The van der Waals surface area contributed by atoms with Crippen molar-refractivity contribution in [2.24, 2.45) is 0 Å². The minimum atomic E-state index is 0.914. The van der Waals surface area contributed by atoms with Crippen molar-refractivity contribution in [3.63, 3.8) is 0 Å². The van der Waals surface area contributed by atoms with Crippen LogP contribution in [0.25, 0.3) is 0 Å². The zero-order valence-corrected chi connectivity index (χ0v) is 10.6. The normalized spacial score (nSPS) is 14.8. The van der Waals surface area contributed by atoms with Gasteiger partial charge in [0.05, 0.1) is 24.3 Å². The molecule has 3 nitrogen and oxygen atoms in total. The summed E-state index contributed by atoms with van der Waals surface area (Å²) in [5.74, 6) is 1.16. The van der Waals surface area contributed by atoms with Crippen LogP contribution in [0.15, 0.2) is 35.6 Å². The Morgan fingerprint density at radius 1 is 1.47 bits per heavy atom. The third kappa shape index (κ3) is 2.17. The number of fused-ring (bicyclic) bond motifs is 1. The molecular weight excluding hydrogens is 230 g/mol. The molecule has 0 fully saturated rings. The molecule has 0 amide bonds. The summed E-state index contributed by atoms with van der Waals surface area (Å²) >= 11 is 1.95. The number of rotatable bonds is 2. The number of aromatic amines is 1. The number of thioether (sulfide) groups is 1. The van der Waals surface area contributed by atoms with Crippen LogP contribution in [-0.4, -0.2) is 22.3 Å². The number of nitrogens with one attached hydrogen (secondary N) is 1. The molecule has 17 heavy (non-hydrogen) atoms. The van der Waals surface area contributed by atoms with Crippen LogP contribution < -0.4 is 4.90 Å². The third-order valence-electron chi connectivity index (χ3n) is 2.99. The molecule has 1 aliphatic heterocycles. The molecule has 0 bridgehead atoms. The fourth-order valence-corrected chi connectivity index (χ4v) is 3.16. The Labute approximate surface area is 105 Å². The molecule has 0 atom stereocenters. The van der Waals surface area contributed by atoms with Crippen molar-refractivity contribution in [1.82, 2.24) is 9.97 Å². The molecule has 1 N–H and O–H groups in total. The monoisotopic (exact) mass is 245 g/mol. The SMILES string of the molecule is Cc1ccc2c(c1)N(Cc1cnc[nH]1)CCS2. The Hall–Kier alpha value is -1.42. The first-order valence-electron chi connectivity index (χ1n) is 5.78. The van der Waals surface area contributed by atoms with E-state index in [0.717, 1.165) is 18.8 Å². The van der Waals surface area contributed by atoms with E-state index in [-0.39, 0.29) is 0 Å². The van der Waals surface area contributed by atoms with Gasteiger partial charge in [-0.15, -0.1) is 11.8 Å². The first-order chi connectivity index (χ1) is 8.33. The molecule has 88 valence electrons. The Morgan fingerprint density at radius 3 is 3.24 bits per heavy atom. The first-order valence-corrected chi connectivity index (χ1v) is 6.77. The van der Waals surface area contributed by atoms with Crippen LogP contribution in [0, 0.1) is 6.92 Å². The van der Waals surface area contributed by atoms with Gasteiger partial charge in [0, 0.05) is 23.4 Å². The maximum absolute atomic E-state index is 4.07. The van der Waals surface area contributed by atoms with Crippen LogP contribution >= 0.6 is 11.8 Å². The Bertz CT molecular complexity index is 507. The number of aromatic nitrogens is 2. The van der Waals surface area contributed by atoms with Crippen molar-refractivity contribution in [2.45, 2.75) is 18.4 Å². The van der Waals surface area contributed by atoms with E-state index in [4.69, 9.17) is 0 Å². The minimum Gasteiger partial charge on any atom is -0.364 e. The zero-order chi connectivity index (χ0) is 11.7. The summed E-state index contributed by atoms with van der Waals surface area (Å²) in [4.78, 5) is 11.1. The fraction of sp³-hybridized carbons (Fsp3) is 0.308. The smallest absolute Gasteiger partial charge is 0.0922 e. The van der Waals surface area contributed by atoms with E-state index in [1.807, 2.05) is 18.0 Å². The van der Waals surface area contributed by atoms with Gasteiger partial charge in [-0.05, 0) is 24.6 Å². The van der Waals surface area contributed by atoms with Gasteiger partial charge < -0.3 is 9.88 Å². The summed E-state index contributed by atoms with van der Waals surface area (Å²) in [6.07, 6.45) is 3.64. The number of nitrogens with zero attached hydrogens (tertiary/aromatic N) is 2. The van der Waals surface area contributed by atoms with Crippen LogP contribution in [-0.2, 0) is 6.54 Å². The number of hydrogen-bond acceptors (Lipinski definition) is 3. The maximum Gasteiger partial charge on any atom is 0.0922 e. The van der Waals surface area contributed by atoms with Crippen molar-refractivity contribution in [3.05, 3.63) is 42.0 Å². The molecule has 1 aromatic heterocycles. The summed E-state index contributed by atoms with van der Waals surface area (Å²) in [5.41, 5.74) is 3.85. The van der Waals surface area contributed by atoms with Gasteiger partial charge in [0.25, 0.3) is 0 Å². The molecule has 1 aliphatic rings. The quantitative estimate of drug-likeness (QED) is 0.883. The molecule has 4 heteroatoms. The van der Waals surface area contributed by atoms with Crippen molar-refractivity contribution < 1.29 is 0 Å². The highest BCUT2D eigenvalue weighted by Gasteiger charge is 2.17. The first kappa shape index (κ1) is 10.7. The Morgan fingerprint density at radius 2 is 2.41 bits per heavy atom. The molecule has 0 unspecified atom stereocenters. The van der Waals surface area contributed by atoms with Gasteiger partial charge in [-0.2, -0.15) is 0 Å². The van der Waals surface area contributed by atoms with Gasteiger partial charge >= 0.3 is 0 Å². The van der Waals surface area contributed by atoms with E-state index in [0.29, 0.717) is 0 Å². The van der Waals surface area contributed by atoms with Crippen LogP contribution in [0.2, 0.25) is 0 Å². The van der Waals surface area contributed by atoms with E-state index >= 15 is 0 Å². The molecule has 2 heterocycles. The van der Waals surface area contributed by atoms with E-state index < -0.39 is 0 Å². The lowest BCUT2D eigenvalue weighted by Gasteiger charge is -2.30. The molecule has 0 spiro atoms. The highest BCUT2D eigenvalue weighted by Crippen LogP contribution is 2.35. The predicted octanol–water partition coefficient (Wildman–Crippen LogP) is 2.83. The van der Waals surface area contributed by atoms with E-state index in [1.54, 1.807) is 6.33 Å². The van der Waals surface area contributed by atoms with E-state index in [1.165, 1.54) is 21.8 Å². The molecular formula is C13H15N3S. The number of anilines is 1. The van der Waals surface area contributed by atoms with Crippen LogP contribution in [0.3, 0.4) is 0 Å². The molecule has 2 aromatic rings. The summed E-state index contributed by atoms with van der Waals surface area (Å²) < 4.78 is 0. The van der Waals surface area contributed by atoms with Crippen molar-refractivity contribution >= 4 is 17.4 Å². The summed E-state index contributed by atoms with van der Waals surface area (Å²) in [6.45, 7) is 4.16. The number of aryl methyl sites for hydroxylation is 1. The summed E-state index contributed by atoms with van der Waals surface area (Å²) in [7, 11) is 0. The number of benzene rings is 1. The lowest BCUT2D eigenvalue weighted by molar-refractivity contribution is 0.801.